The van der Waals surface area contributed by atoms with E-state index in [1.807, 2.05) is 10.9 Å². The first-order chi connectivity index (χ1) is 13.8. The van der Waals surface area contributed by atoms with Crippen LogP contribution in [0.15, 0.2) is 48.5 Å². The van der Waals surface area contributed by atoms with Crippen LogP contribution in [0.3, 0.4) is 0 Å². The number of hydrogen-bond acceptors (Lipinski definition) is 4. The van der Waals surface area contributed by atoms with Gasteiger partial charge in [0.2, 0.25) is 0 Å². The first-order valence-electron chi connectivity index (χ1n) is 7.83. The minimum Gasteiger partial charge on any atom is -0.435 e. The van der Waals surface area contributed by atoms with E-state index in [1.54, 1.807) is 0 Å². The number of carbonyl (C=O) groups is 2. The lowest BCUT2D eigenvalue weighted by Crippen LogP contribution is -2.41. The smallest absolute Gasteiger partial charge is 0.387 e. The molecule has 154 valence electrons. The van der Waals surface area contributed by atoms with E-state index < -0.39 is 42.4 Å². The molecule has 6 nitrogen and oxygen atoms in total. The van der Waals surface area contributed by atoms with Crippen LogP contribution in [-0.2, 0) is 4.79 Å². The number of amides is 2. The monoisotopic (exact) mass is 416 g/mol. The van der Waals surface area contributed by atoms with E-state index in [4.69, 9.17) is 0 Å². The molecule has 0 fully saturated rings. The van der Waals surface area contributed by atoms with Crippen molar-refractivity contribution in [2.75, 3.05) is 0 Å². The van der Waals surface area contributed by atoms with Crippen LogP contribution in [0.4, 0.5) is 22.0 Å². The van der Waals surface area contributed by atoms with E-state index in [0.29, 0.717) is 0 Å². The van der Waals surface area contributed by atoms with Gasteiger partial charge in [0.15, 0.2) is 0 Å². The maximum Gasteiger partial charge on any atom is 0.387 e. The normalized spacial score (nSPS) is 11.0. The molecule has 0 heterocycles. The number of halogens is 5. The van der Waals surface area contributed by atoms with Gasteiger partial charge in [-0.05, 0) is 30.3 Å². The first-order valence-corrected chi connectivity index (χ1v) is 7.83. The van der Waals surface area contributed by atoms with Gasteiger partial charge in [-0.2, -0.15) is 17.6 Å². The average molecular weight is 416 g/mol. The Labute approximate surface area is 160 Å². The first kappa shape index (κ1) is 21.7. The lowest BCUT2D eigenvalue weighted by molar-refractivity contribution is -0.117. The van der Waals surface area contributed by atoms with E-state index in [-0.39, 0.29) is 11.1 Å². The molecule has 29 heavy (non-hydrogen) atoms. The van der Waals surface area contributed by atoms with Crippen LogP contribution in [0.25, 0.3) is 6.08 Å². The number of hydrazine groups is 1. The van der Waals surface area contributed by atoms with Crippen LogP contribution < -0.4 is 20.3 Å². The highest BCUT2D eigenvalue weighted by Crippen LogP contribution is 2.28. The van der Waals surface area contributed by atoms with Crippen molar-refractivity contribution in [3.63, 3.8) is 0 Å². The summed E-state index contributed by atoms with van der Waals surface area (Å²) >= 11 is 0. The van der Waals surface area contributed by atoms with Crippen LogP contribution in [0, 0.1) is 5.82 Å². The molecule has 0 saturated carbocycles. The zero-order valence-electron chi connectivity index (χ0n) is 14.4. The van der Waals surface area contributed by atoms with Crippen LogP contribution in [-0.4, -0.2) is 25.0 Å². The maximum atomic E-state index is 13.5. The summed E-state index contributed by atoms with van der Waals surface area (Å²) in [6, 6.07) is 8.02. The Morgan fingerprint density at radius 2 is 1.62 bits per heavy atom. The molecule has 2 aromatic rings. The third-order valence-corrected chi connectivity index (χ3v) is 3.26. The second kappa shape index (κ2) is 10.1. The fraction of sp³-hybridized carbons (Fsp3) is 0.111. The Hall–Kier alpha value is -3.63. The van der Waals surface area contributed by atoms with Crippen molar-refractivity contribution in [3.8, 4) is 11.5 Å². The fourth-order valence-corrected chi connectivity index (χ4v) is 2.06. The van der Waals surface area contributed by atoms with E-state index in [1.165, 1.54) is 18.2 Å². The highest BCUT2D eigenvalue weighted by Gasteiger charge is 2.13. The Balaban J connectivity index is 2.04. The van der Waals surface area contributed by atoms with Gasteiger partial charge in [0.05, 0.1) is 5.56 Å². The third kappa shape index (κ3) is 6.79. The maximum absolute atomic E-state index is 13.5. The van der Waals surface area contributed by atoms with Crippen molar-refractivity contribution in [3.05, 3.63) is 65.5 Å². The standard InChI is InChI=1S/C18H13F5N2O4/c19-13-4-2-1-3-12(13)16(27)25-24-15(26)8-6-10-5-7-11(28-17(20)21)9-14(10)29-18(22)23/h1-9,17-18H,(H,24,26)(H,25,27)/b8-6+. The van der Waals surface area contributed by atoms with Gasteiger partial charge in [-0.25, -0.2) is 4.39 Å². The van der Waals surface area contributed by atoms with E-state index in [0.717, 1.165) is 36.4 Å². The van der Waals surface area contributed by atoms with E-state index in [2.05, 4.69) is 9.47 Å². The van der Waals surface area contributed by atoms with Gasteiger partial charge in [-0.15, -0.1) is 0 Å². The summed E-state index contributed by atoms with van der Waals surface area (Å²) in [5.41, 5.74) is 3.58. The van der Waals surface area contributed by atoms with Crippen LogP contribution in [0.2, 0.25) is 0 Å². The molecule has 11 heteroatoms. The molecule has 2 N–H and O–H groups in total. The van der Waals surface area contributed by atoms with E-state index >= 15 is 0 Å². The predicted molar refractivity (Wildman–Crippen MR) is 90.7 cm³/mol. The van der Waals surface area contributed by atoms with Crippen LogP contribution in [0.1, 0.15) is 15.9 Å². The lowest BCUT2D eigenvalue weighted by Gasteiger charge is -2.11. The van der Waals surface area contributed by atoms with Gasteiger partial charge in [0, 0.05) is 17.7 Å². The van der Waals surface area contributed by atoms with Crippen molar-refractivity contribution in [1.29, 1.82) is 0 Å². The summed E-state index contributed by atoms with van der Waals surface area (Å²) < 4.78 is 71.3. The summed E-state index contributed by atoms with van der Waals surface area (Å²) in [5.74, 6) is -3.53. The zero-order valence-corrected chi connectivity index (χ0v) is 14.4. The molecule has 2 amide bonds. The van der Waals surface area contributed by atoms with Crippen molar-refractivity contribution >= 4 is 17.9 Å². The summed E-state index contributed by atoms with van der Waals surface area (Å²) in [6.45, 7) is -6.42. The van der Waals surface area contributed by atoms with Gasteiger partial charge in [-0.1, -0.05) is 12.1 Å². The zero-order chi connectivity index (χ0) is 21.4. The fourth-order valence-electron chi connectivity index (χ4n) is 2.06. The molecular weight excluding hydrogens is 403 g/mol. The second-order valence-electron chi connectivity index (χ2n) is 5.21. The second-order valence-corrected chi connectivity index (χ2v) is 5.21. The molecule has 0 aliphatic rings. The predicted octanol–water partition coefficient (Wildman–Crippen LogP) is 3.50. The van der Waals surface area contributed by atoms with Crippen LogP contribution in [0.5, 0.6) is 11.5 Å². The topological polar surface area (TPSA) is 76.7 Å². The minimum atomic E-state index is -3.25. The minimum absolute atomic E-state index is 0.0532. The molecular formula is C18H13F5N2O4. The molecule has 0 bridgehead atoms. The molecule has 0 unspecified atom stereocenters. The van der Waals surface area contributed by atoms with Gasteiger partial charge >= 0.3 is 13.2 Å². The number of alkyl halides is 4. The Kier molecular flexibility index (Phi) is 7.52. The molecule has 2 rings (SSSR count). The van der Waals surface area contributed by atoms with Gasteiger partial charge in [0.25, 0.3) is 11.8 Å². The summed E-state index contributed by atoms with van der Waals surface area (Å²) in [4.78, 5) is 23.5. The third-order valence-electron chi connectivity index (χ3n) is 3.26. The van der Waals surface area contributed by atoms with Gasteiger partial charge < -0.3 is 9.47 Å². The van der Waals surface area contributed by atoms with Crippen molar-refractivity contribution < 1.29 is 41.0 Å². The number of ether oxygens (including phenoxy) is 2. The summed E-state index contributed by atoms with van der Waals surface area (Å²) in [5, 5.41) is 0. The molecule has 0 aliphatic heterocycles. The highest BCUT2D eigenvalue weighted by atomic mass is 19.3. The molecule has 0 radical (unpaired) electrons. The van der Waals surface area contributed by atoms with Crippen molar-refractivity contribution in [2.45, 2.75) is 13.2 Å². The molecule has 0 saturated heterocycles. The number of nitrogens with one attached hydrogen (secondary N) is 2. The largest absolute Gasteiger partial charge is 0.435 e. The van der Waals surface area contributed by atoms with Gasteiger partial charge in [0.1, 0.15) is 17.3 Å². The SMILES string of the molecule is O=C(/C=C/c1ccc(OC(F)F)cc1OC(F)F)NNC(=O)c1ccccc1F. The number of benzene rings is 2. The quantitative estimate of drug-likeness (QED) is 0.412. The molecule has 0 aliphatic carbocycles. The molecule has 0 aromatic heterocycles. The number of hydrogen-bond donors (Lipinski definition) is 2. The highest BCUT2D eigenvalue weighted by molar-refractivity contribution is 5.98. The Morgan fingerprint density at radius 3 is 2.28 bits per heavy atom. The average Bonchev–Trinajstić information content (AvgIpc) is 2.65. The molecule has 2 aromatic carbocycles. The molecule has 0 spiro atoms. The Morgan fingerprint density at radius 1 is 0.931 bits per heavy atom. The summed E-state index contributed by atoms with van der Waals surface area (Å²) in [6.07, 6.45) is 1.89. The van der Waals surface area contributed by atoms with Crippen molar-refractivity contribution in [2.24, 2.45) is 0 Å². The Bertz CT molecular complexity index is 906. The van der Waals surface area contributed by atoms with E-state index in [9.17, 15) is 31.5 Å². The van der Waals surface area contributed by atoms with Gasteiger partial charge in [-0.3, -0.25) is 20.4 Å². The summed E-state index contributed by atoms with van der Waals surface area (Å²) in [7, 11) is 0. The number of rotatable bonds is 7. The molecule has 0 atom stereocenters. The lowest BCUT2D eigenvalue weighted by atomic mass is 10.1. The van der Waals surface area contributed by atoms with Crippen LogP contribution >= 0.6 is 0 Å². The van der Waals surface area contributed by atoms with Crippen molar-refractivity contribution in [1.82, 2.24) is 10.9 Å². The number of carbonyl (C=O) groups excluding carboxylic acids is 2.